The molecule has 1 aromatic rings. The number of rotatable bonds is 2. The predicted octanol–water partition coefficient (Wildman–Crippen LogP) is 0.544. The number of anilines is 1. The Labute approximate surface area is 89.9 Å². The Morgan fingerprint density at radius 3 is 2.67 bits per heavy atom. The lowest BCUT2D eigenvalue weighted by molar-refractivity contribution is 0.194. The number of hydrogen-bond acceptors (Lipinski definition) is 4. The summed E-state index contributed by atoms with van der Waals surface area (Å²) in [4.78, 5) is 6.54. The number of aliphatic hydroxyl groups excluding tert-OH is 1. The van der Waals surface area contributed by atoms with Crippen LogP contribution in [0.3, 0.4) is 0 Å². The highest BCUT2D eigenvalue weighted by Crippen LogP contribution is 2.16. The molecule has 0 spiro atoms. The maximum absolute atomic E-state index is 9.34. The van der Waals surface area contributed by atoms with Crippen molar-refractivity contribution in [3.63, 3.8) is 0 Å². The van der Waals surface area contributed by atoms with E-state index < -0.39 is 6.10 Å². The zero-order valence-electron chi connectivity index (χ0n) is 8.98. The summed E-state index contributed by atoms with van der Waals surface area (Å²) >= 11 is 0. The van der Waals surface area contributed by atoms with Gasteiger partial charge in [-0.3, -0.25) is 4.98 Å². The van der Waals surface area contributed by atoms with Crippen molar-refractivity contribution in [3.8, 4) is 0 Å². The van der Waals surface area contributed by atoms with Gasteiger partial charge < -0.3 is 15.3 Å². The third kappa shape index (κ3) is 2.46. The Morgan fingerprint density at radius 2 is 2.13 bits per heavy atom. The van der Waals surface area contributed by atoms with E-state index in [9.17, 15) is 5.11 Å². The van der Waals surface area contributed by atoms with E-state index in [1.807, 2.05) is 18.3 Å². The Morgan fingerprint density at radius 1 is 1.40 bits per heavy atom. The van der Waals surface area contributed by atoms with Crippen LogP contribution < -0.4 is 10.2 Å². The predicted molar refractivity (Wildman–Crippen MR) is 60.0 cm³/mol. The lowest BCUT2D eigenvalue weighted by atomic mass is 10.2. The van der Waals surface area contributed by atoms with Gasteiger partial charge >= 0.3 is 0 Å². The Hall–Kier alpha value is -1.13. The van der Waals surface area contributed by atoms with Crippen molar-refractivity contribution < 1.29 is 5.11 Å². The van der Waals surface area contributed by atoms with E-state index in [-0.39, 0.29) is 0 Å². The minimum atomic E-state index is -0.484. The van der Waals surface area contributed by atoms with Gasteiger partial charge in [-0.2, -0.15) is 0 Å². The van der Waals surface area contributed by atoms with Gasteiger partial charge in [0.2, 0.25) is 0 Å². The van der Waals surface area contributed by atoms with E-state index in [0.29, 0.717) is 0 Å². The van der Waals surface area contributed by atoms with Crippen LogP contribution in [0.15, 0.2) is 18.3 Å². The van der Waals surface area contributed by atoms with E-state index in [4.69, 9.17) is 0 Å². The monoisotopic (exact) mass is 207 g/mol. The van der Waals surface area contributed by atoms with E-state index in [0.717, 1.165) is 37.6 Å². The van der Waals surface area contributed by atoms with Crippen LogP contribution in [0.1, 0.15) is 18.7 Å². The number of aromatic nitrogens is 1. The third-order valence-electron chi connectivity index (χ3n) is 2.68. The number of nitrogens with one attached hydrogen (secondary N) is 1. The summed E-state index contributed by atoms with van der Waals surface area (Å²) in [6, 6.07) is 3.92. The number of aliphatic hydroxyl groups is 1. The molecule has 1 aromatic heterocycles. The van der Waals surface area contributed by atoms with Gasteiger partial charge in [-0.05, 0) is 19.1 Å². The van der Waals surface area contributed by atoms with Crippen LogP contribution in [-0.4, -0.2) is 36.3 Å². The molecule has 1 aliphatic heterocycles. The first kappa shape index (κ1) is 10.4. The lowest BCUT2D eigenvalue weighted by Crippen LogP contribution is -2.43. The van der Waals surface area contributed by atoms with Gasteiger partial charge in [0.15, 0.2) is 0 Å². The van der Waals surface area contributed by atoms with Gasteiger partial charge in [0.05, 0.1) is 23.7 Å². The van der Waals surface area contributed by atoms with Crippen molar-refractivity contribution in [2.45, 2.75) is 13.0 Å². The molecular formula is C11H17N3O. The molecule has 0 aromatic carbocycles. The topological polar surface area (TPSA) is 48.4 Å². The zero-order chi connectivity index (χ0) is 10.7. The highest BCUT2D eigenvalue weighted by molar-refractivity contribution is 5.45. The number of pyridine rings is 1. The third-order valence-corrected chi connectivity index (χ3v) is 2.68. The molecule has 15 heavy (non-hydrogen) atoms. The summed E-state index contributed by atoms with van der Waals surface area (Å²) in [7, 11) is 0. The van der Waals surface area contributed by atoms with Crippen molar-refractivity contribution >= 4 is 5.69 Å². The second-order valence-electron chi connectivity index (χ2n) is 3.85. The summed E-state index contributed by atoms with van der Waals surface area (Å²) in [5.41, 5.74) is 1.87. The highest BCUT2D eigenvalue weighted by atomic mass is 16.3. The molecule has 82 valence electrons. The average molecular weight is 207 g/mol. The van der Waals surface area contributed by atoms with Crippen LogP contribution in [0.2, 0.25) is 0 Å². The number of nitrogens with zero attached hydrogens (tertiary/aromatic N) is 2. The molecule has 0 bridgehead atoms. The molecule has 1 unspecified atom stereocenters. The van der Waals surface area contributed by atoms with Gasteiger partial charge in [-0.15, -0.1) is 0 Å². The molecule has 2 N–H and O–H groups in total. The summed E-state index contributed by atoms with van der Waals surface area (Å²) in [6.45, 7) is 5.83. The van der Waals surface area contributed by atoms with E-state index in [2.05, 4.69) is 15.2 Å². The molecule has 0 aliphatic carbocycles. The van der Waals surface area contributed by atoms with E-state index in [1.165, 1.54) is 0 Å². The van der Waals surface area contributed by atoms with E-state index >= 15 is 0 Å². The first-order valence-corrected chi connectivity index (χ1v) is 5.37. The van der Waals surface area contributed by atoms with Crippen molar-refractivity contribution in [3.05, 3.63) is 24.0 Å². The van der Waals surface area contributed by atoms with Crippen LogP contribution in [-0.2, 0) is 0 Å². The van der Waals surface area contributed by atoms with Gasteiger partial charge in [0.25, 0.3) is 0 Å². The molecule has 1 aliphatic rings. The molecule has 2 rings (SSSR count). The average Bonchev–Trinajstić information content (AvgIpc) is 2.30. The molecule has 1 saturated heterocycles. The summed E-state index contributed by atoms with van der Waals surface area (Å²) < 4.78 is 0. The van der Waals surface area contributed by atoms with Crippen molar-refractivity contribution in [1.82, 2.24) is 10.3 Å². The first-order valence-electron chi connectivity index (χ1n) is 5.37. The van der Waals surface area contributed by atoms with Gasteiger partial charge in [-0.25, -0.2) is 0 Å². The summed E-state index contributed by atoms with van der Waals surface area (Å²) in [6.07, 6.45) is 1.36. The fourth-order valence-corrected chi connectivity index (χ4v) is 1.75. The molecule has 0 radical (unpaired) electrons. The van der Waals surface area contributed by atoms with Crippen LogP contribution in [0, 0.1) is 0 Å². The van der Waals surface area contributed by atoms with Crippen molar-refractivity contribution in [2.75, 3.05) is 31.1 Å². The quantitative estimate of drug-likeness (QED) is 0.743. The SMILES string of the molecule is CC(O)c1ccc(N2CCNCC2)cn1. The Balaban J connectivity index is 2.08. The smallest absolute Gasteiger partial charge is 0.0931 e. The normalized spacial score (nSPS) is 18.9. The van der Waals surface area contributed by atoms with Crippen LogP contribution in [0.5, 0.6) is 0 Å². The van der Waals surface area contributed by atoms with Gasteiger partial charge in [0.1, 0.15) is 0 Å². The first-order chi connectivity index (χ1) is 7.27. The standard InChI is InChI=1S/C11H17N3O/c1-9(15)11-3-2-10(8-13-11)14-6-4-12-5-7-14/h2-3,8-9,12,15H,4-7H2,1H3. The van der Waals surface area contributed by atoms with Crippen molar-refractivity contribution in [2.24, 2.45) is 0 Å². The minimum absolute atomic E-state index is 0.484. The molecular weight excluding hydrogens is 190 g/mol. The number of piperazine rings is 1. The molecule has 0 saturated carbocycles. The molecule has 4 nitrogen and oxygen atoms in total. The fraction of sp³-hybridized carbons (Fsp3) is 0.545. The highest BCUT2D eigenvalue weighted by Gasteiger charge is 2.11. The molecule has 4 heteroatoms. The molecule has 0 amide bonds. The second-order valence-corrected chi connectivity index (χ2v) is 3.85. The zero-order valence-corrected chi connectivity index (χ0v) is 8.98. The van der Waals surface area contributed by atoms with Crippen molar-refractivity contribution in [1.29, 1.82) is 0 Å². The Bertz CT molecular complexity index is 304. The largest absolute Gasteiger partial charge is 0.387 e. The van der Waals surface area contributed by atoms with Gasteiger partial charge in [0, 0.05) is 26.2 Å². The van der Waals surface area contributed by atoms with Crippen LogP contribution >= 0.6 is 0 Å². The molecule has 2 heterocycles. The van der Waals surface area contributed by atoms with E-state index in [1.54, 1.807) is 6.92 Å². The Kier molecular flexibility index (Phi) is 3.18. The minimum Gasteiger partial charge on any atom is -0.387 e. The number of hydrogen-bond donors (Lipinski definition) is 2. The second kappa shape index (κ2) is 4.59. The van der Waals surface area contributed by atoms with Crippen LogP contribution in [0.25, 0.3) is 0 Å². The van der Waals surface area contributed by atoms with Gasteiger partial charge in [-0.1, -0.05) is 0 Å². The molecule has 1 atom stereocenters. The summed E-state index contributed by atoms with van der Waals surface area (Å²) in [5.74, 6) is 0. The molecule has 1 fully saturated rings. The lowest BCUT2D eigenvalue weighted by Gasteiger charge is -2.29. The summed E-state index contributed by atoms with van der Waals surface area (Å²) in [5, 5.41) is 12.7. The maximum Gasteiger partial charge on any atom is 0.0931 e. The maximum atomic E-state index is 9.34. The fourth-order valence-electron chi connectivity index (χ4n) is 1.75. The van der Waals surface area contributed by atoms with Crippen LogP contribution in [0.4, 0.5) is 5.69 Å².